The molecule has 0 aliphatic rings. The van der Waals surface area contributed by atoms with Gasteiger partial charge in [0.1, 0.15) is 0 Å². The molecular weight excluding hydrogens is 388 g/mol. The van der Waals surface area contributed by atoms with E-state index in [1.54, 1.807) is 41.2 Å². The number of halogens is 1. The Balaban J connectivity index is 2.07. The van der Waals surface area contributed by atoms with Gasteiger partial charge in [0, 0.05) is 17.3 Å². The third kappa shape index (κ3) is 4.28. The molecule has 3 aromatic rings. The molecule has 2 heterocycles. The van der Waals surface area contributed by atoms with Crippen LogP contribution in [0.25, 0.3) is 11.5 Å². The van der Waals surface area contributed by atoms with E-state index in [2.05, 4.69) is 5.32 Å². The Morgan fingerprint density at radius 1 is 1.12 bits per heavy atom. The summed E-state index contributed by atoms with van der Waals surface area (Å²) >= 11 is 12.8. The highest BCUT2D eigenvalue weighted by atomic mass is 35.5. The Hall–Kier alpha value is -2.25. The van der Waals surface area contributed by atoms with Gasteiger partial charge >= 0.3 is 0 Å². The normalized spacial score (nSPS) is 11.8. The lowest BCUT2D eigenvalue weighted by Crippen LogP contribution is -2.38. The maximum Gasteiger partial charge on any atom is 0.289 e. The topological polar surface area (TPSA) is 56.4 Å². The molecule has 2 aromatic heterocycles. The van der Waals surface area contributed by atoms with Crippen molar-refractivity contribution in [1.29, 1.82) is 0 Å². The first-order valence-electron chi connectivity index (χ1n) is 7.75. The lowest BCUT2D eigenvalue weighted by Gasteiger charge is -2.09. The zero-order valence-corrected chi connectivity index (χ0v) is 16.0. The van der Waals surface area contributed by atoms with Crippen LogP contribution in [0.1, 0.15) is 10.4 Å². The van der Waals surface area contributed by atoms with Gasteiger partial charge < -0.3 is 15.5 Å². The Morgan fingerprint density at radius 3 is 2.54 bits per heavy atom. The van der Waals surface area contributed by atoms with Crippen LogP contribution in [-0.4, -0.2) is 15.2 Å². The zero-order valence-electron chi connectivity index (χ0n) is 13.6. The van der Waals surface area contributed by atoms with Gasteiger partial charge in [0.2, 0.25) is 5.76 Å². The smallest absolute Gasteiger partial charge is 0.289 e. The molecule has 0 radical (unpaired) electrons. The number of aliphatic hydroxyl groups excluding tert-OH is 2. The summed E-state index contributed by atoms with van der Waals surface area (Å²) in [5, 5.41) is 23.4. The predicted octanol–water partition coefficient (Wildman–Crippen LogP) is 4.50. The number of para-hydroxylation sites is 1. The first kappa shape index (κ1) is 18.5. The van der Waals surface area contributed by atoms with Gasteiger partial charge in [-0.25, -0.2) is 0 Å². The molecule has 0 spiro atoms. The lowest BCUT2D eigenvalue weighted by atomic mass is 10.2. The molecule has 3 rings (SSSR count). The molecule has 0 saturated heterocycles. The summed E-state index contributed by atoms with van der Waals surface area (Å²) in [5.41, 5.74) is 1.91. The quantitative estimate of drug-likeness (QED) is 0.254. The van der Waals surface area contributed by atoms with Crippen LogP contribution in [0.3, 0.4) is 0 Å². The van der Waals surface area contributed by atoms with Gasteiger partial charge in [0.25, 0.3) is 5.70 Å². The van der Waals surface area contributed by atoms with Crippen molar-refractivity contribution in [3.05, 3.63) is 81.8 Å². The van der Waals surface area contributed by atoms with Crippen LogP contribution in [0.15, 0.2) is 67.0 Å². The van der Waals surface area contributed by atoms with Gasteiger partial charge in [-0.15, -0.1) is 11.3 Å². The van der Waals surface area contributed by atoms with Crippen LogP contribution in [0, 0.1) is 0 Å². The fourth-order valence-electron chi connectivity index (χ4n) is 2.37. The summed E-state index contributed by atoms with van der Waals surface area (Å²) < 4.78 is 2.26. The summed E-state index contributed by atoms with van der Waals surface area (Å²) in [6, 6.07) is 16.5. The van der Waals surface area contributed by atoms with Gasteiger partial charge in [-0.1, -0.05) is 42.0 Å². The minimum Gasteiger partial charge on any atom is -0.501 e. The van der Waals surface area contributed by atoms with E-state index in [0.717, 1.165) is 5.69 Å². The minimum absolute atomic E-state index is 0.00965. The highest BCUT2D eigenvalue weighted by Crippen LogP contribution is 2.28. The molecule has 3 N–H and O–H groups in total. The molecule has 132 valence electrons. The maximum atomic E-state index is 10.9. The second-order valence-corrected chi connectivity index (χ2v) is 7.52. The molecule has 0 saturated carbocycles. The van der Waals surface area contributed by atoms with E-state index in [9.17, 15) is 10.2 Å². The van der Waals surface area contributed by atoms with Crippen molar-refractivity contribution < 1.29 is 14.8 Å². The Morgan fingerprint density at radius 2 is 1.88 bits per heavy atom. The van der Waals surface area contributed by atoms with E-state index in [1.807, 2.05) is 30.3 Å². The number of aliphatic hydroxyl groups is 2. The number of thiophene rings is 1. The highest BCUT2D eigenvalue weighted by molar-refractivity contribution is 7.81. The summed E-state index contributed by atoms with van der Waals surface area (Å²) in [4.78, 5) is 0.947. The van der Waals surface area contributed by atoms with E-state index in [-0.39, 0.29) is 12.4 Å². The molecule has 26 heavy (non-hydrogen) atoms. The molecule has 1 aromatic carbocycles. The largest absolute Gasteiger partial charge is 0.501 e. The molecular formula is C19H16ClN2O2S2+. The number of nitrogens with one attached hydrogen (secondary N) is 1. The Labute approximate surface area is 165 Å². The Bertz CT molecular complexity index is 955. The van der Waals surface area contributed by atoms with Crippen LogP contribution in [0.5, 0.6) is 0 Å². The fourth-order valence-corrected chi connectivity index (χ4v) is 3.68. The van der Waals surface area contributed by atoms with Crippen LogP contribution in [-0.2, 0) is 6.61 Å². The second kappa shape index (κ2) is 8.42. The van der Waals surface area contributed by atoms with Crippen LogP contribution >= 0.6 is 35.2 Å². The number of hydrogen-bond donors (Lipinski definition) is 3. The molecule has 0 amide bonds. The van der Waals surface area contributed by atoms with Crippen LogP contribution < -0.4 is 9.88 Å². The van der Waals surface area contributed by atoms with Gasteiger partial charge in [-0.2, -0.15) is 4.57 Å². The van der Waals surface area contributed by atoms with E-state index >= 15 is 0 Å². The predicted molar refractivity (Wildman–Crippen MR) is 110 cm³/mol. The number of aromatic nitrogens is 1. The lowest BCUT2D eigenvalue weighted by molar-refractivity contribution is -0.576. The summed E-state index contributed by atoms with van der Waals surface area (Å²) in [6.07, 6.45) is 3.48. The third-order valence-corrected chi connectivity index (χ3v) is 5.11. The van der Waals surface area contributed by atoms with Crippen molar-refractivity contribution in [2.75, 3.05) is 5.32 Å². The summed E-state index contributed by atoms with van der Waals surface area (Å²) in [6.45, 7) is -0.113. The van der Waals surface area contributed by atoms with Crippen molar-refractivity contribution in [2.24, 2.45) is 0 Å². The molecule has 0 bridgehead atoms. The number of nitrogens with zero attached hydrogens (tertiary/aromatic N) is 1. The summed E-state index contributed by atoms with van der Waals surface area (Å²) in [5.74, 6) is 0.00965. The number of anilines is 1. The third-order valence-electron chi connectivity index (χ3n) is 3.58. The number of benzene rings is 1. The average molecular weight is 404 g/mol. The van der Waals surface area contributed by atoms with Gasteiger partial charge in [-0.05, 0) is 30.3 Å². The summed E-state index contributed by atoms with van der Waals surface area (Å²) in [7, 11) is 0. The van der Waals surface area contributed by atoms with Gasteiger partial charge in [0.05, 0.1) is 15.8 Å². The standard InChI is InChI=1S/C19H15ClN2O2S2/c20-16-9-8-15(26-16)18(24)17(22-10-4-5-13(11-22)12-23)19(25)21-14-6-2-1-3-7-14/h1-11,23H,12H2,(H-,21,24,25)/p+1. The fraction of sp³-hybridized carbons (Fsp3) is 0.0526. The molecule has 7 heteroatoms. The first-order chi connectivity index (χ1) is 12.6. The number of rotatable bonds is 5. The maximum absolute atomic E-state index is 10.9. The molecule has 0 atom stereocenters. The van der Waals surface area contributed by atoms with Crippen molar-refractivity contribution in [1.82, 2.24) is 0 Å². The van der Waals surface area contributed by atoms with Crippen molar-refractivity contribution in [2.45, 2.75) is 6.61 Å². The van der Waals surface area contributed by atoms with Crippen molar-refractivity contribution in [3.63, 3.8) is 0 Å². The zero-order chi connectivity index (χ0) is 18.5. The molecule has 0 aliphatic heterocycles. The van der Waals surface area contributed by atoms with Crippen LogP contribution in [0.4, 0.5) is 5.69 Å². The van der Waals surface area contributed by atoms with E-state index in [0.29, 0.717) is 25.5 Å². The highest BCUT2D eigenvalue weighted by Gasteiger charge is 2.25. The SMILES string of the molecule is OCc1ccc[n+](C(C(=S)Nc2ccccc2)=C(O)c2ccc(Cl)s2)c1. The average Bonchev–Trinajstić information content (AvgIpc) is 3.09. The van der Waals surface area contributed by atoms with Crippen LogP contribution in [0.2, 0.25) is 4.34 Å². The van der Waals surface area contributed by atoms with Crippen molar-refractivity contribution >= 4 is 57.3 Å². The molecule has 4 nitrogen and oxygen atoms in total. The molecule has 0 aliphatic carbocycles. The number of pyridine rings is 1. The first-order valence-corrected chi connectivity index (χ1v) is 9.35. The Kier molecular flexibility index (Phi) is 6.00. The minimum atomic E-state index is -0.113. The number of thiocarbonyl (C=S) groups is 1. The number of hydrogen-bond acceptors (Lipinski definition) is 4. The van der Waals surface area contributed by atoms with E-state index < -0.39 is 0 Å². The monoisotopic (exact) mass is 403 g/mol. The van der Waals surface area contributed by atoms with Gasteiger partial charge in [0.15, 0.2) is 17.4 Å². The second-order valence-electron chi connectivity index (χ2n) is 5.40. The van der Waals surface area contributed by atoms with Crippen molar-refractivity contribution in [3.8, 4) is 0 Å². The van der Waals surface area contributed by atoms with E-state index in [1.165, 1.54) is 11.3 Å². The molecule has 0 fully saturated rings. The van der Waals surface area contributed by atoms with E-state index in [4.69, 9.17) is 23.8 Å². The molecule has 0 unspecified atom stereocenters. The van der Waals surface area contributed by atoms with Gasteiger partial charge in [-0.3, -0.25) is 0 Å².